The van der Waals surface area contributed by atoms with Gasteiger partial charge in [0.25, 0.3) is 0 Å². The molecular formula is C27H21NO2. The van der Waals surface area contributed by atoms with Gasteiger partial charge in [-0.2, -0.15) is 0 Å². The number of ether oxygens (including phenoxy) is 1. The van der Waals surface area contributed by atoms with E-state index >= 15 is 0 Å². The van der Waals surface area contributed by atoms with Crippen LogP contribution in [0.15, 0.2) is 101 Å². The third-order valence-electron chi connectivity index (χ3n) is 5.16. The van der Waals surface area contributed by atoms with Crippen molar-refractivity contribution in [1.29, 1.82) is 0 Å². The zero-order chi connectivity index (χ0) is 20.3. The topological polar surface area (TPSA) is 35.3 Å². The molecule has 0 aliphatic heterocycles. The maximum Gasteiger partial charge on any atom is 0.226 e. The van der Waals surface area contributed by atoms with Gasteiger partial charge in [0.05, 0.1) is 5.69 Å². The highest BCUT2D eigenvalue weighted by Crippen LogP contribution is 2.27. The molecule has 0 saturated heterocycles. The Morgan fingerprint density at radius 2 is 1.43 bits per heavy atom. The number of aryl methyl sites for hydroxylation is 1. The summed E-state index contributed by atoms with van der Waals surface area (Å²) < 4.78 is 11.9. The van der Waals surface area contributed by atoms with Crippen LogP contribution in [0.4, 0.5) is 0 Å². The maximum absolute atomic E-state index is 5.99. The molecular weight excluding hydrogens is 370 g/mol. The summed E-state index contributed by atoms with van der Waals surface area (Å²) in [7, 11) is 0. The zero-order valence-corrected chi connectivity index (χ0v) is 16.7. The predicted molar refractivity (Wildman–Crippen MR) is 120 cm³/mol. The molecule has 0 aliphatic rings. The van der Waals surface area contributed by atoms with Crippen LogP contribution in [0.2, 0.25) is 0 Å². The van der Waals surface area contributed by atoms with Gasteiger partial charge in [0.15, 0.2) is 0 Å². The van der Waals surface area contributed by atoms with Gasteiger partial charge in [0, 0.05) is 12.0 Å². The van der Waals surface area contributed by atoms with Crippen LogP contribution < -0.4 is 4.74 Å². The third-order valence-corrected chi connectivity index (χ3v) is 5.16. The molecule has 0 fully saturated rings. The third kappa shape index (κ3) is 3.83. The maximum atomic E-state index is 5.99. The van der Waals surface area contributed by atoms with Gasteiger partial charge >= 0.3 is 0 Å². The van der Waals surface area contributed by atoms with Crippen LogP contribution in [0.3, 0.4) is 0 Å². The van der Waals surface area contributed by atoms with Crippen molar-refractivity contribution in [3.05, 3.63) is 114 Å². The lowest BCUT2D eigenvalue weighted by atomic mass is 10.1. The summed E-state index contributed by atoms with van der Waals surface area (Å²) >= 11 is 0. The Bertz CT molecular complexity index is 1290. The highest BCUT2D eigenvalue weighted by Gasteiger charge is 2.12. The molecule has 0 saturated carbocycles. The van der Waals surface area contributed by atoms with Crippen LogP contribution in [0.1, 0.15) is 17.0 Å². The average molecular weight is 391 g/mol. The Hall–Kier alpha value is -3.85. The van der Waals surface area contributed by atoms with E-state index in [1.54, 1.807) is 0 Å². The number of rotatable bonds is 5. The Labute approximate surface area is 175 Å². The van der Waals surface area contributed by atoms with E-state index in [0.717, 1.165) is 34.1 Å². The molecule has 1 aromatic heterocycles. The van der Waals surface area contributed by atoms with Gasteiger partial charge in [-0.05, 0) is 59.7 Å². The van der Waals surface area contributed by atoms with Crippen molar-refractivity contribution in [2.24, 2.45) is 0 Å². The van der Waals surface area contributed by atoms with Crippen LogP contribution in [0, 0.1) is 6.92 Å². The van der Waals surface area contributed by atoms with Crippen LogP contribution in [0.5, 0.6) is 11.5 Å². The molecule has 0 aliphatic carbocycles. The number of oxazole rings is 1. The molecule has 5 aromatic rings. The predicted octanol–water partition coefficient (Wildman–Crippen LogP) is 7.19. The molecule has 5 rings (SSSR count). The summed E-state index contributed by atoms with van der Waals surface area (Å²) in [6, 6.07) is 32.5. The van der Waals surface area contributed by atoms with E-state index in [2.05, 4.69) is 42.5 Å². The van der Waals surface area contributed by atoms with Crippen LogP contribution >= 0.6 is 0 Å². The standard InChI is InChI=1S/C27H21NO2/c1-19-26(17-20-11-15-25(16-12-20)30-24-9-3-2-4-10-24)28-27(29-19)23-14-13-21-7-5-6-8-22(21)18-23/h2-16,18H,17H2,1H3. The van der Waals surface area contributed by atoms with E-state index in [4.69, 9.17) is 14.1 Å². The fourth-order valence-corrected chi connectivity index (χ4v) is 3.53. The van der Waals surface area contributed by atoms with E-state index in [1.165, 1.54) is 10.8 Å². The minimum Gasteiger partial charge on any atom is -0.457 e. The van der Waals surface area contributed by atoms with Gasteiger partial charge in [-0.15, -0.1) is 0 Å². The average Bonchev–Trinajstić information content (AvgIpc) is 3.15. The quantitative estimate of drug-likeness (QED) is 0.318. The van der Waals surface area contributed by atoms with E-state index in [0.29, 0.717) is 12.3 Å². The lowest BCUT2D eigenvalue weighted by Gasteiger charge is -2.06. The molecule has 0 N–H and O–H groups in total. The first-order valence-electron chi connectivity index (χ1n) is 10.0. The largest absolute Gasteiger partial charge is 0.457 e. The summed E-state index contributed by atoms with van der Waals surface area (Å²) in [5.74, 6) is 3.16. The minimum absolute atomic E-state index is 0.664. The molecule has 0 spiro atoms. The molecule has 0 amide bonds. The van der Waals surface area contributed by atoms with Crippen LogP contribution in [-0.2, 0) is 6.42 Å². The van der Waals surface area contributed by atoms with E-state index in [9.17, 15) is 0 Å². The second kappa shape index (κ2) is 7.88. The van der Waals surface area contributed by atoms with Crippen LogP contribution in [0.25, 0.3) is 22.2 Å². The highest BCUT2D eigenvalue weighted by atomic mass is 16.5. The smallest absolute Gasteiger partial charge is 0.226 e. The molecule has 0 atom stereocenters. The van der Waals surface area contributed by atoms with E-state index < -0.39 is 0 Å². The Balaban J connectivity index is 1.34. The first-order valence-corrected chi connectivity index (χ1v) is 10.0. The lowest BCUT2D eigenvalue weighted by molar-refractivity contribution is 0.482. The van der Waals surface area contributed by atoms with Crippen molar-refractivity contribution in [3.8, 4) is 23.0 Å². The van der Waals surface area contributed by atoms with Crippen molar-refractivity contribution in [2.45, 2.75) is 13.3 Å². The Morgan fingerprint density at radius 1 is 0.733 bits per heavy atom. The molecule has 0 radical (unpaired) electrons. The Kier molecular flexibility index (Phi) is 4.78. The second-order valence-electron chi connectivity index (χ2n) is 7.32. The SMILES string of the molecule is Cc1oc(-c2ccc3ccccc3c2)nc1Cc1ccc(Oc2ccccc2)cc1. The van der Waals surface area contributed by atoms with Crippen molar-refractivity contribution in [1.82, 2.24) is 4.98 Å². The molecule has 3 heteroatoms. The molecule has 3 nitrogen and oxygen atoms in total. The van der Waals surface area contributed by atoms with Gasteiger partial charge in [-0.1, -0.05) is 60.7 Å². The summed E-state index contributed by atoms with van der Waals surface area (Å²) in [4.78, 5) is 4.77. The number of para-hydroxylation sites is 1. The molecule has 30 heavy (non-hydrogen) atoms. The molecule has 4 aromatic carbocycles. The van der Waals surface area contributed by atoms with E-state index in [1.807, 2.05) is 61.5 Å². The summed E-state index contributed by atoms with van der Waals surface area (Å²) in [5.41, 5.74) is 3.11. The van der Waals surface area contributed by atoms with Crippen LogP contribution in [-0.4, -0.2) is 4.98 Å². The molecule has 1 heterocycles. The summed E-state index contributed by atoms with van der Waals surface area (Å²) in [6.45, 7) is 1.97. The number of nitrogens with zero attached hydrogens (tertiary/aromatic N) is 1. The van der Waals surface area contributed by atoms with Gasteiger partial charge in [0.1, 0.15) is 17.3 Å². The number of benzene rings is 4. The van der Waals surface area contributed by atoms with Crippen molar-refractivity contribution < 1.29 is 9.15 Å². The number of fused-ring (bicyclic) bond motifs is 1. The normalized spacial score (nSPS) is 11.0. The molecule has 0 bridgehead atoms. The Morgan fingerprint density at radius 3 is 2.23 bits per heavy atom. The van der Waals surface area contributed by atoms with E-state index in [-0.39, 0.29) is 0 Å². The zero-order valence-electron chi connectivity index (χ0n) is 16.7. The van der Waals surface area contributed by atoms with Gasteiger partial charge < -0.3 is 9.15 Å². The lowest BCUT2D eigenvalue weighted by Crippen LogP contribution is -1.91. The second-order valence-corrected chi connectivity index (χ2v) is 7.32. The first-order chi connectivity index (χ1) is 14.7. The van der Waals surface area contributed by atoms with Crippen molar-refractivity contribution >= 4 is 10.8 Å². The van der Waals surface area contributed by atoms with Crippen molar-refractivity contribution in [3.63, 3.8) is 0 Å². The minimum atomic E-state index is 0.664. The number of hydrogen-bond acceptors (Lipinski definition) is 3. The number of hydrogen-bond donors (Lipinski definition) is 0. The monoisotopic (exact) mass is 391 g/mol. The first kappa shape index (κ1) is 18.2. The fourth-order valence-electron chi connectivity index (χ4n) is 3.53. The van der Waals surface area contributed by atoms with Crippen molar-refractivity contribution in [2.75, 3.05) is 0 Å². The molecule has 146 valence electrons. The molecule has 0 unspecified atom stereocenters. The van der Waals surface area contributed by atoms with Gasteiger partial charge in [-0.3, -0.25) is 0 Å². The number of aromatic nitrogens is 1. The fraction of sp³-hybridized carbons (Fsp3) is 0.0741. The highest BCUT2D eigenvalue weighted by molar-refractivity contribution is 5.86. The summed E-state index contributed by atoms with van der Waals surface area (Å²) in [6.07, 6.45) is 0.717. The van der Waals surface area contributed by atoms with Gasteiger partial charge in [-0.25, -0.2) is 4.98 Å². The summed E-state index contributed by atoms with van der Waals surface area (Å²) in [5, 5.41) is 2.39. The van der Waals surface area contributed by atoms with Gasteiger partial charge in [0.2, 0.25) is 5.89 Å².